The maximum Gasteiger partial charge on any atom is 0.273 e. The standard InChI is InChI=1S/C25H36N4O3S2/c1-18-26-17-21(33-18)15-24(30)27-16-20-5-3-19(4-6-20)7-10-29-11-8-22-23(9-12-29)34-25(28-22)32-14-13-31-2/h16-17,19-20H,3-15H2,1-2H3. The van der Waals surface area contributed by atoms with Crippen LogP contribution in [0.5, 0.6) is 5.19 Å². The van der Waals surface area contributed by atoms with Gasteiger partial charge in [0.25, 0.3) is 11.1 Å². The number of aryl methyl sites for hydroxylation is 1. The normalized spacial score (nSPS) is 21.5. The number of nitrogens with zero attached hydrogens (tertiary/aromatic N) is 4. The topological polar surface area (TPSA) is 76.9 Å². The highest BCUT2D eigenvalue weighted by Gasteiger charge is 2.23. The molecule has 1 saturated carbocycles. The Morgan fingerprint density at radius 1 is 1.21 bits per heavy atom. The summed E-state index contributed by atoms with van der Waals surface area (Å²) >= 11 is 3.28. The average molecular weight is 505 g/mol. The molecule has 0 saturated heterocycles. The molecule has 2 aromatic rings. The highest BCUT2D eigenvalue weighted by atomic mass is 32.1. The Hall–Kier alpha value is -1.68. The van der Waals surface area contributed by atoms with E-state index in [1.807, 2.05) is 13.1 Å². The molecule has 1 aliphatic heterocycles. The van der Waals surface area contributed by atoms with E-state index in [4.69, 9.17) is 14.5 Å². The minimum Gasteiger partial charge on any atom is -0.468 e. The molecule has 7 nitrogen and oxygen atoms in total. The molecule has 186 valence electrons. The van der Waals surface area contributed by atoms with Gasteiger partial charge >= 0.3 is 0 Å². The number of rotatable bonds is 10. The second-order valence-electron chi connectivity index (χ2n) is 9.30. The number of carbonyl (C=O) groups is 1. The molecule has 1 aliphatic carbocycles. The van der Waals surface area contributed by atoms with Crippen LogP contribution in [0.3, 0.4) is 0 Å². The molecule has 9 heteroatoms. The zero-order chi connectivity index (χ0) is 23.8. The largest absolute Gasteiger partial charge is 0.468 e. The zero-order valence-corrected chi connectivity index (χ0v) is 22.0. The third-order valence-electron chi connectivity index (χ3n) is 6.76. The van der Waals surface area contributed by atoms with E-state index in [1.165, 1.54) is 36.4 Å². The molecule has 34 heavy (non-hydrogen) atoms. The van der Waals surface area contributed by atoms with Crippen LogP contribution in [-0.2, 0) is 28.8 Å². The molecule has 0 bridgehead atoms. The van der Waals surface area contributed by atoms with Gasteiger partial charge in [-0.2, -0.15) is 0 Å². The molecule has 0 atom stereocenters. The quantitative estimate of drug-likeness (QED) is 0.353. The molecule has 1 amide bonds. The van der Waals surface area contributed by atoms with Crippen LogP contribution in [0.2, 0.25) is 0 Å². The number of hydrogen-bond donors (Lipinski definition) is 0. The van der Waals surface area contributed by atoms with Gasteiger partial charge in [-0.1, -0.05) is 11.3 Å². The van der Waals surface area contributed by atoms with Crippen LogP contribution in [0.15, 0.2) is 11.2 Å². The lowest BCUT2D eigenvalue weighted by molar-refractivity contribution is -0.117. The van der Waals surface area contributed by atoms with E-state index < -0.39 is 0 Å². The molecular weight excluding hydrogens is 468 g/mol. The summed E-state index contributed by atoms with van der Waals surface area (Å²) in [5.41, 5.74) is 1.22. The molecule has 1 fully saturated rings. The minimum absolute atomic E-state index is 0.0522. The summed E-state index contributed by atoms with van der Waals surface area (Å²) in [4.78, 5) is 30.3. The van der Waals surface area contributed by atoms with Gasteiger partial charge in [-0.05, 0) is 63.8 Å². The predicted molar refractivity (Wildman–Crippen MR) is 137 cm³/mol. The number of carbonyl (C=O) groups excluding carboxylic acids is 1. The van der Waals surface area contributed by atoms with Crippen LogP contribution in [0.25, 0.3) is 0 Å². The summed E-state index contributed by atoms with van der Waals surface area (Å²) in [7, 11) is 1.69. The summed E-state index contributed by atoms with van der Waals surface area (Å²) in [6, 6.07) is 0. The van der Waals surface area contributed by atoms with Crippen molar-refractivity contribution in [2.75, 3.05) is 40.0 Å². The van der Waals surface area contributed by atoms with Gasteiger partial charge in [-0.15, -0.1) is 11.3 Å². The van der Waals surface area contributed by atoms with Crippen LogP contribution in [0.1, 0.15) is 52.6 Å². The van der Waals surface area contributed by atoms with E-state index in [0.717, 1.165) is 59.8 Å². The van der Waals surface area contributed by atoms with E-state index in [9.17, 15) is 4.79 Å². The number of hydrogen-bond acceptors (Lipinski definition) is 8. The van der Waals surface area contributed by atoms with E-state index >= 15 is 0 Å². The summed E-state index contributed by atoms with van der Waals surface area (Å²) in [5.74, 6) is 1.18. The lowest BCUT2D eigenvalue weighted by Crippen LogP contribution is -2.29. The fourth-order valence-corrected chi connectivity index (χ4v) is 6.50. The molecule has 0 radical (unpaired) electrons. The lowest BCUT2D eigenvalue weighted by atomic mass is 9.81. The van der Waals surface area contributed by atoms with E-state index in [0.29, 0.717) is 25.6 Å². The number of amides is 1. The SMILES string of the molecule is COCCOc1nc2c(s1)CCN(CCC1CCC(C=NC(=O)Cc3cnc(C)s3)CC1)CC2. The fraction of sp³-hybridized carbons (Fsp3) is 0.680. The smallest absolute Gasteiger partial charge is 0.273 e. The van der Waals surface area contributed by atoms with Crippen molar-refractivity contribution < 1.29 is 14.3 Å². The first-order chi connectivity index (χ1) is 16.6. The Kier molecular flexibility index (Phi) is 9.61. The first-order valence-electron chi connectivity index (χ1n) is 12.4. The average Bonchev–Trinajstić information content (AvgIpc) is 3.38. The molecule has 0 N–H and O–H groups in total. The fourth-order valence-electron chi connectivity index (χ4n) is 4.74. The second-order valence-corrected chi connectivity index (χ2v) is 11.7. The Labute approximate surface area is 210 Å². The minimum atomic E-state index is -0.0522. The summed E-state index contributed by atoms with van der Waals surface area (Å²) in [5, 5.41) is 1.78. The molecule has 2 aromatic heterocycles. The van der Waals surface area contributed by atoms with Gasteiger partial charge in [-0.25, -0.2) is 15.0 Å². The summed E-state index contributed by atoms with van der Waals surface area (Å²) in [6.07, 6.45) is 12.2. The van der Waals surface area contributed by atoms with E-state index in [2.05, 4.69) is 14.9 Å². The van der Waals surface area contributed by atoms with Gasteiger partial charge in [-0.3, -0.25) is 4.79 Å². The highest BCUT2D eigenvalue weighted by molar-refractivity contribution is 7.13. The predicted octanol–water partition coefficient (Wildman–Crippen LogP) is 4.37. The monoisotopic (exact) mass is 504 g/mol. The van der Waals surface area contributed by atoms with Crippen LogP contribution in [-0.4, -0.2) is 66.9 Å². The summed E-state index contributed by atoms with van der Waals surface area (Å²) < 4.78 is 10.7. The van der Waals surface area contributed by atoms with Gasteiger partial charge in [0.1, 0.15) is 6.61 Å². The molecule has 3 heterocycles. The van der Waals surface area contributed by atoms with Crippen molar-refractivity contribution >= 4 is 34.8 Å². The number of ether oxygens (including phenoxy) is 2. The van der Waals surface area contributed by atoms with Crippen molar-refractivity contribution in [3.8, 4) is 5.19 Å². The van der Waals surface area contributed by atoms with E-state index in [1.54, 1.807) is 36.0 Å². The number of methoxy groups -OCH3 is 1. The number of aliphatic imine (C=N–C) groups is 1. The van der Waals surface area contributed by atoms with Crippen LogP contribution in [0.4, 0.5) is 0 Å². The van der Waals surface area contributed by atoms with Gasteiger partial charge in [0, 0.05) is 48.8 Å². The van der Waals surface area contributed by atoms with Crippen molar-refractivity contribution in [2.45, 2.75) is 58.3 Å². The van der Waals surface area contributed by atoms with Crippen molar-refractivity contribution in [3.63, 3.8) is 0 Å². The number of thiazole rings is 2. The Morgan fingerprint density at radius 3 is 2.79 bits per heavy atom. The third-order valence-corrected chi connectivity index (χ3v) is 8.74. The van der Waals surface area contributed by atoms with Gasteiger partial charge in [0.05, 0.1) is 23.7 Å². The summed E-state index contributed by atoms with van der Waals surface area (Å²) in [6.45, 7) is 6.47. The molecule has 4 rings (SSSR count). The molecule has 0 aromatic carbocycles. The Bertz CT molecular complexity index is 924. The zero-order valence-electron chi connectivity index (χ0n) is 20.3. The van der Waals surface area contributed by atoms with Crippen LogP contribution in [0, 0.1) is 18.8 Å². The first kappa shape index (κ1) is 25.4. The Morgan fingerprint density at radius 2 is 2.03 bits per heavy atom. The molecule has 0 spiro atoms. The molecule has 0 unspecified atom stereocenters. The molecule has 2 aliphatic rings. The van der Waals surface area contributed by atoms with Gasteiger partial charge in [0.15, 0.2) is 0 Å². The van der Waals surface area contributed by atoms with Gasteiger partial charge < -0.3 is 14.4 Å². The Balaban J connectivity index is 1.12. The molecular formula is C25H36N4O3S2. The lowest BCUT2D eigenvalue weighted by Gasteiger charge is -2.28. The van der Waals surface area contributed by atoms with Crippen molar-refractivity contribution in [1.29, 1.82) is 0 Å². The van der Waals surface area contributed by atoms with E-state index in [-0.39, 0.29) is 5.91 Å². The van der Waals surface area contributed by atoms with Crippen molar-refractivity contribution in [2.24, 2.45) is 16.8 Å². The maximum absolute atomic E-state index is 12.1. The van der Waals surface area contributed by atoms with Crippen LogP contribution < -0.4 is 4.74 Å². The number of aromatic nitrogens is 2. The van der Waals surface area contributed by atoms with Crippen molar-refractivity contribution in [3.05, 3.63) is 26.7 Å². The number of fused-ring (bicyclic) bond motifs is 1. The van der Waals surface area contributed by atoms with Gasteiger partial charge in [0.2, 0.25) is 0 Å². The second kappa shape index (κ2) is 12.9. The third kappa shape index (κ3) is 7.66. The first-order valence-corrected chi connectivity index (χ1v) is 14.0. The highest BCUT2D eigenvalue weighted by Crippen LogP contribution is 2.31. The van der Waals surface area contributed by atoms with Crippen LogP contribution >= 0.6 is 22.7 Å². The maximum atomic E-state index is 12.1. The van der Waals surface area contributed by atoms with Crippen molar-refractivity contribution in [1.82, 2.24) is 14.9 Å².